The Bertz CT molecular complexity index is 1130. The van der Waals surface area contributed by atoms with Crippen LogP contribution in [0.3, 0.4) is 0 Å². The van der Waals surface area contributed by atoms with Crippen LogP contribution in [0, 0.1) is 34.0 Å². The smallest absolute Gasteiger partial charge is 0.257 e. The van der Waals surface area contributed by atoms with Gasteiger partial charge >= 0.3 is 0 Å². The van der Waals surface area contributed by atoms with Gasteiger partial charge in [-0.05, 0) is 12.2 Å². The maximum absolute atomic E-state index is 12.2. The third-order valence-corrected chi connectivity index (χ3v) is 4.56. The van der Waals surface area contributed by atoms with E-state index >= 15 is 0 Å². The number of nitrogen functional groups attached to an aromatic ring is 1. The maximum Gasteiger partial charge on any atom is 0.257 e. The Morgan fingerprint density at radius 3 is 2.48 bits per heavy atom. The first-order chi connectivity index (χ1) is 13.1. The van der Waals surface area contributed by atoms with Crippen molar-refractivity contribution >= 4 is 28.5 Å². The third-order valence-electron chi connectivity index (χ3n) is 3.71. The first-order valence-corrected chi connectivity index (χ1v) is 8.41. The Kier molecular flexibility index (Phi) is 4.81. The molecule has 2 heterocycles. The Morgan fingerprint density at radius 1 is 1.15 bits per heavy atom. The number of hydrogen-bond donors (Lipinski definition) is 2. The standard InChI is InChI=1S/C19H10N6OS/c20-8-12(9-21)16-14(10-22)13(18(26)24-16)6-7-15-17(25-19(23)27-15)11-4-2-1-3-5-11/h1-7H,(H2,23,25)(H,24,26)/b7-6+. The van der Waals surface area contributed by atoms with E-state index in [0.29, 0.717) is 10.8 Å². The molecule has 0 unspecified atom stereocenters. The zero-order chi connectivity index (χ0) is 19.4. The fourth-order valence-electron chi connectivity index (χ4n) is 2.51. The van der Waals surface area contributed by atoms with Crippen molar-refractivity contribution in [2.45, 2.75) is 0 Å². The monoisotopic (exact) mass is 370 g/mol. The molecule has 0 bridgehead atoms. The number of carbonyl (C=O) groups is 1. The van der Waals surface area contributed by atoms with Gasteiger partial charge in [-0.2, -0.15) is 15.8 Å². The molecule has 1 aliphatic heterocycles. The number of nitrogens with one attached hydrogen (secondary N) is 1. The van der Waals surface area contributed by atoms with E-state index in [9.17, 15) is 10.1 Å². The second kappa shape index (κ2) is 7.37. The van der Waals surface area contributed by atoms with Gasteiger partial charge in [-0.3, -0.25) is 4.79 Å². The van der Waals surface area contributed by atoms with Crippen LogP contribution in [0.2, 0.25) is 0 Å². The Labute approximate surface area is 158 Å². The number of anilines is 1. The van der Waals surface area contributed by atoms with E-state index in [1.807, 2.05) is 36.4 Å². The lowest BCUT2D eigenvalue weighted by atomic mass is 10.1. The second-order valence-corrected chi connectivity index (χ2v) is 6.35. The number of aromatic nitrogens is 1. The van der Waals surface area contributed by atoms with Gasteiger partial charge in [-0.1, -0.05) is 41.7 Å². The minimum Gasteiger partial charge on any atom is -0.375 e. The normalized spacial score (nSPS) is 13.2. The van der Waals surface area contributed by atoms with Crippen LogP contribution in [0.1, 0.15) is 4.88 Å². The highest BCUT2D eigenvalue weighted by Gasteiger charge is 2.28. The summed E-state index contributed by atoms with van der Waals surface area (Å²) in [6, 6.07) is 14.7. The van der Waals surface area contributed by atoms with Crippen molar-refractivity contribution in [3.63, 3.8) is 0 Å². The summed E-state index contributed by atoms with van der Waals surface area (Å²) in [4.78, 5) is 17.2. The summed E-state index contributed by atoms with van der Waals surface area (Å²) in [5.41, 5.74) is 6.99. The SMILES string of the molecule is N#CC(C#N)=C1NC(=O)C(/C=C/c2sc(N)nc2-c2ccccc2)=C1C#N. The van der Waals surface area contributed by atoms with E-state index in [-0.39, 0.29) is 22.4 Å². The van der Waals surface area contributed by atoms with Gasteiger partial charge in [0, 0.05) is 5.56 Å². The zero-order valence-corrected chi connectivity index (χ0v) is 14.5. The molecule has 3 rings (SSSR count). The van der Waals surface area contributed by atoms with Gasteiger partial charge in [0.05, 0.1) is 27.4 Å². The van der Waals surface area contributed by atoms with Gasteiger partial charge in [0.15, 0.2) is 10.7 Å². The Balaban J connectivity index is 2.07. The van der Waals surface area contributed by atoms with Gasteiger partial charge in [0.25, 0.3) is 5.91 Å². The van der Waals surface area contributed by atoms with E-state index in [2.05, 4.69) is 10.3 Å². The van der Waals surface area contributed by atoms with Crippen LogP contribution < -0.4 is 11.1 Å². The Morgan fingerprint density at radius 2 is 1.85 bits per heavy atom. The number of nitrogens with two attached hydrogens (primary N) is 1. The van der Waals surface area contributed by atoms with Crippen LogP contribution in [-0.4, -0.2) is 10.9 Å². The number of thiazole rings is 1. The number of nitriles is 3. The minimum absolute atomic E-state index is 0.0481. The highest BCUT2D eigenvalue weighted by Crippen LogP contribution is 2.32. The van der Waals surface area contributed by atoms with Crippen molar-refractivity contribution in [3.8, 4) is 29.5 Å². The summed E-state index contributed by atoms with van der Waals surface area (Å²) in [6.45, 7) is 0. The van der Waals surface area contributed by atoms with Gasteiger partial charge in [-0.25, -0.2) is 4.98 Å². The molecule has 8 heteroatoms. The van der Waals surface area contributed by atoms with E-state index in [0.717, 1.165) is 10.4 Å². The average Bonchev–Trinajstić information content (AvgIpc) is 3.21. The van der Waals surface area contributed by atoms with Crippen molar-refractivity contribution in [1.82, 2.24) is 10.3 Å². The van der Waals surface area contributed by atoms with Crippen molar-refractivity contribution in [3.05, 3.63) is 63.7 Å². The van der Waals surface area contributed by atoms with Gasteiger partial charge in [0.1, 0.15) is 18.2 Å². The van der Waals surface area contributed by atoms with Crippen LogP contribution in [0.15, 0.2) is 58.8 Å². The number of amides is 1. The number of rotatable bonds is 3. The Hall–Kier alpha value is -4.19. The quantitative estimate of drug-likeness (QED) is 0.796. The lowest BCUT2D eigenvalue weighted by Crippen LogP contribution is -2.17. The van der Waals surface area contributed by atoms with Gasteiger partial charge in [-0.15, -0.1) is 0 Å². The molecule has 27 heavy (non-hydrogen) atoms. The summed E-state index contributed by atoms with van der Waals surface area (Å²) in [5.74, 6) is -0.556. The van der Waals surface area contributed by atoms with E-state index < -0.39 is 5.91 Å². The molecule has 0 spiro atoms. The van der Waals surface area contributed by atoms with E-state index in [1.54, 1.807) is 18.2 Å². The van der Waals surface area contributed by atoms with Crippen molar-refractivity contribution in [2.24, 2.45) is 0 Å². The fourth-order valence-corrected chi connectivity index (χ4v) is 3.27. The number of allylic oxidation sites excluding steroid dienone is 2. The highest BCUT2D eigenvalue weighted by atomic mass is 32.1. The van der Waals surface area contributed by atoms with Crippen LogP contribution >= 0.6 is 11.3 Å². The molecular weight excluding hydrogens is 360 g/mol. The predicted octanol–water partition coefficient (Wildman–Crippen LogP) is 2.66. The molecule has 0 saturated carbocycles. The van der Waals surface area contributed by atoms with Gasteiger partial charge < -0.3 is 11.1 Å². The maximum atomic E-state index is 12.2. The van der Waals surface area contributed by atoms with E-state index in [4.69, 9.17) is 16.3 Å². The van der Waals surface area contributed by atoms with Crippen LogP contribution in [0.25, 0.3) is 17.3 Å². The molecule has 0 saturated heterocycles. The molecule has 1 aliphatic rings. The molecular formula is C19H10N6OS. The predicted molar refractivity (Wildman–Crippen MR) is 100 cm³/mol. The van der Waals surface area contributed by atoms with Crippen LogP contribution in [-0.2, 0) is 4.79 Å². The van der Waals surface area contributed by atoms with Crippen molar-refractivity contribution in [2.75, 3.05) is 5.73 Å². The largest absolute Gasteiger partial charge is 0.375 e. The second-order valence-electron chi connectivity index (χ2n) is 5.29. The molecule has 0 aliphatic carbocycles. The number of benzene rings is 1. The average molecular weight is 370 g/mol. The molecule has 1 aromatic carbocycles. The summed E-state index contributed by atoms with van der Waals surface area (Å²) in [6.07, 6.45) is 3.11. The minimum atomic E-state index is -0.556. The molecule has 0 atom stereocenters. The first kappa shape index (κ1) is 17.6. The molecule has 1 amide bonds. The molecule has 3 N–H and O–H groups in total. The lowest BCUT2D eigenvalue weighted by Gasteiger charge is -1.98. The van der Waals surface area contributed by atoms with Crippen LogP contribution in [0.5, 0.6) is 0 Å². The molecule has 0 fully saturated rings. The number of carbonyl (C=O) groups excluding carboxylic acids is 1. The summed E-state index contributed by atoms with van der Waals surface area (Å²) < 4.78 is 0. The molecule has 2 aromatic rings. The highest BCUT2D eigenvalue weighted by molar-refractivity contribution is 7.16. The summed E-state index contributed by atoms with van der Waals surface area (Å²) in [7, 11) is 0. The number of hydrogen-bond acceptors (Lipinski definition) is 7. The molecule has 7 nitrogen and oxygen atoms in total. The number of nitrogens with zero attached hydrogens (tertiary/aromatic N) is 4. The summed E-state index contributed by atoms with van der Waals surface area (Å²) >= 11 is 1.24. The topological polar surface area (TPSA) is 139 Å². The van der Waals surface area contributed by atoms with Gasteiger partial charge in [0.2, 0.25) is 0 Å². The lowest BCUT2D eigenvalue weighted by molar-refractivity contribution is -0.115. The third kappa shape index (κ3) is 3.32. The fraction of sp³-hybridized carbons (Fsp3) is 0. The molecule has 1 aromatic heterocycles. The first-order valence-electron chi connectivity index (χ1n) is 7.59. The molecule has 128 valence electrons. The van der Waals surface area contributed by atoms with E-state index in [1.165, 1.54) is 17.4 Å². The zero-order valence-electron chi connectivity index (χ0n) is 13.7. The summed E-state index contributed by atoms with van der Waals surface area (Å²) in [5, 5.41) is 30.1. The molecule has 0 radical (unpaired) electrons. The van der Waals surface area contributed by atoms with Crippen molar-refractivity contribution in [1.29, 1.82) is 15.8 Å². The van der Waals surface area contributed by atoms with Crippen molar-refractivity contribution < 1.29 is 4.79 Å². The van der Waals surface area contributed by atoms with Crippen LogP contribution in [0.4, 0.5) is 5.13 Å².